The van der Waals surface area contributed by atoms with Crippen LogP contribution in [0.3, 0.4) is 0 Å². The van der Waals surface area contributed by atoms with Gasteiger partial charge in [-0.05, 0) is 66.9 Å². The highest BCUT2D eigenvalue weighted by molar-refractivity contribution is 5.93. The van der Waals surface area contributed by atoms with Crippen LogP contribution in [-0.4, -0.2) is 48.4 Å². The van der Waals surface area contributed by atoms with Gasteiger partial charge in [0.25, 0.3) is 5.91 Å². The van der Waals surface area contributed by atoms with Crippen LogP contribution in [0, 0.1) is 5.92 Å². The molecule has 3 aromatic heterocycles. The zero-order valence-corrected chi connectivity index (χ0v) is 18.9. The van der Waals surface area contributed by atoms with Crippen LogP contribution in [0.1, 0.15) is 53.2 Å². The Kier molecular flexibility index (Phi) is 4.47. The quantitative estimate of drug-likeness (QED) is 0.595. The van der Waals surface area contributed by atoms with Crippen LogP contribution in [0.25, 0.3) is 5.52 Å². The summed E-state index contributed by atoms with van der Waals surface area (Å²) in [6.07, 6.45) is 21.0. The molecule has 8 nitrogen and oxygen atoms in total. The second kappa shape index (κ2) is 7.68. The number of aromatic nitrogens is 4. The van der Waals surface area contributed by atoms with E-state index in [1.807, 2.05) is 21.6 Å². The summed E-state index contributed by atoms with van der Waals surface area (Å²) in [5, 5.41) is 7.45. The largest absolute Gasteiger partial charge is 0.346 e. The first-order valence-electron chi connectivity index (χ1n) is 12.2. The van der Waals surface area contributed by atoms with Gasteiger partial charge in [-0.3, -0.25) is 14.5 Å². The van der Waals surface area contributed by atoms with Crippen LogP contribution in [0.2, 0.25) is 0 Å². The van der Waals surface area contributed by atoms with Crippen molar-refractivity contribution in [2.75, 3.05) is 0 Å². The molecule has 172 valence electrons. The van der Waals surface area contributed by atoms with Crippen molar-refractivity contribution in [1.82, 2.24) is 29.4 Å². The van der Waals surface area contributed by atoms with Crippen molar-refractivity contribution in [3.8, 4) is 0 Å². The summed E-state index contributed by atoms with van der Waals surface area (Å²) in [4.78, 5) is 24.2. The number of allylic oxidation sites excluding steroid dienone is 2. The average molecular weight is 454 g/mol. The molecule has 0 spiro atoms. The van der Waals surface area contributed by atoms with Gasteiger partial charge in [0, 0.05) is 18.6 Å². The number of amides is 1. The summed E-state index contributed by atoms with van der Waals surface area (Å²) in [6, 6.07) is 4.70. The fourth-order valence-corrected chi connectivity index (χ4v) is 5.03. The van der Waals surface area contributed by atoms with E-state index in [0.29, 0.717) is 24.6 Å². The lowest BCUT2D eigenvalue weighted by Gasteiger charge is -2.26. The molecule has 0 bridgehead atoms. The van der Waals surface area contributed by atoms with Gasteiger partial charge in [0.1, 0.15) is 0 Å². The number of carbonyl (C=O) groups is 1. The van der Waals surface area contributed by atoms with E-state index in [4.69, 9.17) is 4.99 Å². The maximum absolute atomic E-state index is 12.8. The van der Waals surface area contributed by atoms with Crippen molar-refractivity contribution < 1.29 is 4.79 Å². The van der Waals surface area contributed by atoms with Crippen molar-refractivity contribution in [2.45, 2.75) is 56.8 Å². The maximum atomic E-state index is 12.8. The van der Waals surface area contributed by atoms with E-state index in [1.165, 1.54) is 36.8 Å². The molecule has 2 unspecified atom stereocenters. The monoisotopic (exact) mass is 453 g/mol. The summed E-state index contributed by atoms with van der Waals surface area (Å²) < 4.78 is 3.84. The fraction of sp³-hybridized carbons (Fsp3) is 0.385. The number of hydrogen-bond donors (Lipinski definition) is 1. The Bertz CT molecular complexity index is 1350. The van der Waals surface area contributed by atoms with E-state index < -0.39 is 0 Å². The zero-order valence-electron chi connectivity index (χ0n) is 18.9. The smallest absolute Gasteiger partial charge is 0.254 e. The van der Waals surface area contributed by atoms with Crippen LogP contribution in [0.15, 0.2) is 66.0 Å². The van der Waals surface area contributed by atoms with Crippen LogP contribution < -0.4 is 5.32 Å². The Labute approximate surface area is 197 Å². The minimum Gasteiger partial charge on any atom is -0.346 e. The van der Waals surface area contributed by atoms with Gasteiger partial charge >= 0.3 is 0 Å². The van der Waals surface area contributed by atoms with Gasteiger partial charge in [0.2, 0.25) is 0 Å². The normalized spacial score (nSPS) is 23.4. The Hall–Kier alpha value is -3.68. The zero-order chi connectivity index (χ0) is 22.6. The number of nitrogens with one attached hydrogen (secondary N) is 1. The molecule has 2 saturated carbocycles. The lowest BCUT2D eigenvalue weighted by atomic mass is 9.99. The van der Waals surface area contributed by atoms with Crippen LogP contribution >= 0.6 is 0 Å². The van der Waals surface area contributed by atoms with Gasteiger partial charge < -0.3 is 14.6 Å². The molecule has 2 fully saturated rings. The van der Waals surface area contributed by atoms with Crippen molar-refractivity contribution >= 4 is 17.8 Å². The number of hydrogen-bond acceptors (Lipinski definition) is 5. The molecule has 3 aromatic rings. The third-order valence-electron chi connectivity index (χ3n) is 7.36. The molecule has 1 N–H and O–H groups in total. The van der Waals surface area contributed by atoms with Crippen LogP contribution in [0.4, 0.5) is 0 Å². The van der Waals surface area contributed by atoms with E-state index in [-0.39, 0.29) is 18.0 Å². The van der Waals surface area contributed by atoms with Gasteiger partial charge in [0.05, 0.1) is 60.8 Å². The molecular formula is C26H27N7O. The summed E-state index contributed by atoms with van der Waals surface area (Å²) in [5.41, 5.74) is 5.30. The summed E-state index contributed by atoms with van der Waals surface area (Å²) in [5.74, 6) is 1.27. The number of rotatable bonds is 7. The van der Waals surface area contributed by atoms with Gasteiger partial charge in [-0.15, -0.1) is 0 Å². The molecular weight excluding hydrogens is 426 g/mol. The van der Waals surface area contributed by atoms with Gasteiger partial charge in [-0.1, -0.05) is 6.08 Å². The molecule has 8 heteroatoms. The van der Waals surface area contributed by atoms with Gasteiger partial charge in [-0.25, -0.2) is 4.98 Å². The summed E-state index contributed by atoms with van der Waals surface area (Å²) >= 11 is 0. The van der Waals surface area contributed by atoms with E-state index in [0.717, 1.165) is 17.1 Å². The summed E-state index contributed by atoms with van der Waals surface area (Å²) in [7, 11) is 0. The molecule has 2 aliphatic carbocycles. The molecule has 2 aliphatic heterocycles. The van der Waals surface area contributed by atoms with Gasteiger partial charge in [-0.2, -0.15) is 5.10 Å². The Morgan fingerprint density at radius 2 is 2.06 bits per heavy atom. The first kappa shape index (κ1) is 19.8. The topological polar surface area (TPSA) is 79.8 Å². The third kappa shape index (κ3) is 3.63. The molecule has 2 atom stereocenters. The van der Waals surface area contributed by atoms with Gasteiger partial charge in [0.15, 0.2) is 0 Å². The molecule has 34 heavy (non-hydrogen) atoms. The van der Waals surface area contributed by atoms with E-state index in [9.17, 15) is 4.79 Å². The van der Waals surface area contributed by atoms with Crippen molar-refractivity contribution in [2.24, 2.45) is 10.9 Å². The third-order valence-corrected chi connectivity index (χ3v) is 7.36. The summed E-state index contributed by atoms with van der Waals surface area (Å²) in [6.45, 7) is 1.03. The highest BCUT2D eigenvalue weighted by Crippen LogP contribution is 2.41. The van der Waals surface area contributed by atoms with Crippen LogP contribution in [-0.2, 0) is 13.1 Å². The van der Waals surface area contributed by atoms with Crippen molar-refractivity contribution in [1.29, 1.82) is 0 Å². The maximum Gasteiger partial charge on any atom is 0.254 e. The van der Waals surface area contributed by atoms with Crippen molar-refractivity contribution in [3.63, 3.8) is 0 Å². The first-order chi connectivity index (χ1) is 16.7. The predicted octanol–water partition coefficient (Wildman–Crippen LogP) is 3.28. The molecule has 1 amide bonds. The number of fused-ring (bicyclic) bond motifs is 2. The second-order valence-corrected chi connectivity index (χ2v) is 9.88. The molecule has 0 saturated heterocycles. The lowest BCUT2D eigenvalue weighted by Crippen LogP contribution is -2.35. The minimum absolute atomic E-state index is 0.0899. The molecule has 4 aliphatic rings. The fourth-order valence-electron chi connectivity index (χ4n) is 5.03. The minimum atomic E-state index is -0.140. The molecule has 5 heterocycles. The number of carbonyl (C=O) groups excluding carboxylic acids is 1. The number of aliphatic imine (C=N–C) groups is 1. The molecule has 0 radical (unpaired) electrons. The lowest BCUT2D eigenvalue weighted by molar-refractivity contribution is 0.0950. The Morgan fingerprint density at radius 1 is 1.18 bits per heavy atom. The second-order valence-electron chi connectivity index (χ2n) is 9.88. The number of nitrogens with zero attached hydrogens (tertiary/aromatic N) is 6. The highest BCUT2D eigenvalue weighted by atomic mass is 16.1. The number of imidazole rings is 1. The SMILES string of the molecule is O=C(NCc1ncn2ccc(C3CC3)cc12)c1cnn(CC2N=CN3C=CC(C4CC4)=CC23)c1. The van der Waals surface area contributed by atoms with Crippen LogP contribution in [0.5, 0.6) is 0 Å². The predicted molar refractivity (Wildman–Crippen MR) is 128 cm³/mol. The first-order valence-corrected chi connectivity index (χ1v) is 12.2. The van der Waals surface area contributed by atoms with E-state index in [1.54, 1.807) is 12.5 Å². The standard InChI is InChI=1S/C26H27N7O/c34-26(27-12-22-24-9-19(17-1-2-17)5-7-31(24)15-28-22)21-11-30-33(13-21)14-23-25-10-20(18-3-4-18)6-8-32(25)16-29-23/h5-11,13,15-18,23,25H,1-4,12,14H2,(H,27,34). The highest BCUT2D eigenvalue weighted by Gasteiger charge is 2.34. The van der Waals surface area contributed by atoms with Crippen molar-refractivity contribution in [3.05, 3.63) is 77.8 Å². The van der Waals surface area contributed by atoms with E-state index in [2.05, 4.69) is 57.0 Å². The Balaban J connectivity index is 1.01. The average Bonchev–Trinajstić information content (AvgIpc) is 3.77. The van der Waals surface area contributed by atoms with E-state index >= 15 is 0 Å². The molecule has 0 aromatic carbocycles. The Morgan fingerprint density at radius 3 is 2.91 bits per heavy atom. The number of pyridine rings is 1. The molecule has 7 rings (SSSR count).